The summed E-state index contributed by atoms with van der Waals surface area (Å²) in [6.45, 7) is 2.25. The van der Waals surface area contributed by atoms with Gasteiger partial charge in [0.2, 0.25) is 0 Å². The number of unbranched alkanes of at least 4 members (excludes halogenated alkanes) is 14. The van der Waals surface area contributed by atoms with Crippen LogP contribution in [-0.2, 0) is 13.9 Å². The average Bonchev–Trinajstić information content (AvgIpc) is 2.49. The van der Waals surface area contributed by atoms with Crippen LogP contribution in [0.1, 0.15) is 115 Å². The van der Waals surface area contributed by atoms with Crippen molar-refractivity contribution in [3.63, 3.8) is 0 Å². The van der Waals surface area contributed by atoms with Gasteiger partial charge in [-0.25, -0.2) is 4.57 Å². The molecule has 0 atom stereocenters. The molecule has 2 N–H and O–H groups in total. The van der Waals surface area contributed by atoms with E-state index in [1.165, 1.54) is 77.0 Å². The van der Waals surface area contributed by atoms with Gasteiger partial charge in [-0.2, -0.15) is 0 Å². The van der Waals surface area contributed by atoms with Crippen molar-refractivity contribution < 1.29 is 29.4 Å². The summed E-state index contributed by atoms with van der Waals surface area (Å²) in [5, 5.41) is 0. The summed E-state index contributed by atoms with van der Waals surface area (Å²) in [7, 11) is -4.66. The van der Waals surface area contributed by atoms with E-state index >= 15 is 0 Å². The molecule has 0 fully saturated rings. The predicted molar refractivity (Wildman–Crippen MR) is 114 cm³/mol. The molecule has 0 aliphatic heterocycles. The zero-order valence-electron chi connectivity index (χ0n) is 20.8. The van der Waals surface area contributed by atoms with Gasteiger partial charge in [-0.3, -0.25) is 14.6 Å². The Balaban J connectivity index is -0.000000176. The molecule has 0 radical (unpaired) electrons. The van der Waals surface area contributed by atoms with Crippen LogP contribution in [0, 0.1) is 0 Å². The molecular weight excluding hydrogens is 407 g/mol. The first-order valence-electron chi connectivity index (χ1n) is 9.73. The van der Waals surface area contributed by atoms with Gasteiger partial charge in [0.05, 0.1) is 0 Å². The number of rotatable bonds is 17. The van der Waals surface area contributed by atoms with E-state index in [4.69, 9.17) is 9.79 Å². The molecule has 0 aromatic carbocycles. The third-order valence-electron chi connectivity index (χ3n) is 4.21. The summed E-state index contributed by atoms with van der Waals surface area (Å²) in [5.74, 6) is -0.807. The molecule has 5 nitrogen and oxygen atoms in total. The number of carbonyl (C=O) groups excluding carboxylic acids is 1. The fraction of sp³-hybridized carbons (Fsp3) is 0.944. The van der Waals surface area contributed by atoms with Crippen molar-refractivity contribution in [2.45, 2.75) is 110 Å². The maximum atomic E-state index is 11.1. The van der Waals surface area contributed by atoms with Gasteiger partial charge in [-0.15, -0.1) is 0 Å². The van der Waals surface area contributed by atoms with Crippen LogP contribution in [0.15, 0.2) is 0 Å². The van der Waals surface area contributed by atoms with E-state index in [1.54, 1.807) is 0 Å². The largest absolute Gasteiger partial charge is 2.00 e. The standard InChI is InChI=1S/C18H37O5P.2Ca.4H/c1-2-3-4-5-6-7-8-9-10-11-12-13-14-15-16-17-18(19)23-24(20,21)22;;;;;;/h2-17H2,1H3,(H2,20,21,22);;;;;;/q;2*+2;4*-1. The minimum absolute atomic E-state index is 0. The summed E-state index contributed by atoms with van der Waals surface area (Å²) in [6, 6.07) is 0. The van der Waals surface area contributed by atoms with E-state index in [9.17, 15) is 9.36 Å². The van der Waals surface area contributed by atoms with Gasteiger partial charge in [0.25, 0.3) is 0 Å². The van der Waals surface area contributed by atoms with E-state index < -0.39 is 13.8 Å². The van der Waals surface area contributed by atoms with E-state index in [0.717, 1.165) is 12.8 Å². The third kappa shape index (κ3) is 28.4. The zero-order chi connectivity index (χ0) is 18.1. The van der Waals surface area contributed by atoms with E-state index in [-0.39, 0.29) is 87.6 Å². The molecule has 0 aliphatic rings. The number of hydrogen-bond acceptors (Lipinski definition) is 3. The number of carbonyl (C=O) groups is 1. The summed E-state index contributed by atoms with van der Waals surface area (Å²) in [6.07, 6.45) is 18.7. The van der Waals surface area contributed by atoms with Crippen LogP contribution in [-0.4, -0.2) is 91.2 Å². The molecular formula is C18H41Ca2O5P. The fourth-order valence-electron chi connectivity index (χ4n) is 2.82. The van der Waals surface area contributed by atoms with Gasteiger partial charge in [0.15, 0.2) is 0 Å². The smallest absolute Gasteiger partial charge is 1.00 e. The van der Waals surface area contributed by atoms with E-state index in [2.05, 4.69) is 11.4 Å². The van der Waals surface area contributed by atoms with Crippen LogP contribution >= 0.6 is 7.82 Å². The normalized spacial score (nSPS) is 10.7. The van der Waals surface area contributed by atoms with Crippen LogP contribution < -0.4 is 0 Å². The second kappa shape index (κ2) is 23.4. The molecule has 0 saturated carbocycles. The first kappa shape index (κ1) is 32.8. The molecule has 0 aromatic rings. The maximum absolute atomic E-state index is 11.1. The molecule has 8 heteroatoms. The topological polar surface area (TPSA) is 83.8 Å². The Bertz CT molecular complexity index is 367. The fourth-order valence-corrected chi connectivity index (χ4v) is 3.18. The Labute approximate surface area is 226 Å². The second-order valence-corrected chi connectivity index (χ2v) is 7.82. The Morgan fingerprint density at radius 1 is 0.731 bits per heavy atom. The van der Waals surface area contributed by atoms with Crippen molar-refractivity contribution in [1.82, 2.24) is 0 Å². The third-order valence-corrected chi connectivity index (χ3v) is 4.65. The Hall–Kier alpha value is 2.14. The van der Waals surface area contributed by atoms with Gasteiger partial charge in [-0.05, 0) is 6.42 Å². The van der Waals surface area contributed by atoms with Gasteiger partial charge < -0.3 is 10.2 Å². The van der Waals surface area contributed by atoms with Crippen molar-refractivity contribution in [1.29, 1.82) is 0 Å². The number of phosphoric ester groups is 1. The van der Waals surface area contributed by atoms with E-state index in [1.807, 2.05) is 0 Å². The van der Waals surface area contributed by atoms with Crippen LogP contribution in [0.25, 0.3) is 0 Å². The quantitative estimate of drug-likeness (QED) is 0.173. The van der Waals surface area contributed by atoms with Gasteiger partial charge in [0.1, 0.15) is 0 Å². The summed E-state index contributed by atoms with van der Waals surface area (Å²) in [4.78, 5) is 28.0. The molecule has 152 valence electrons. The molecule has 0 unspecified atom stereocenters. The summed E-state index contributed by atoms with van der Waals surface area (Å²) >= 11 is 0. The maximum Gasteiger partial charge on any atom is 2.00 e. The molecule has 0 saturated heterocycles. The van der Waals surface area contributed by atoms with E-state index in [0.29, 0.717) is 6.42 Å². The predicted octanol–water partition coefficient (Wildman–Crippen LogP) is 5.57. The minimum Gasteiger partial charge on any atom is -1.00 e. The molecule has 0 amide bonds. The van der Waals surface area contributed by atoms with Gasteiger partial charge >= 0.3 is 89.3 Å². The summed E-state index contributed by atoms with van der Waals surface area (Å²) < 4.78 is 14.4. The van der Waals surface area contributed by atoms with Crippen molar-refractivity contribution in [3.8, 4) is 0 Å². The molecule has 0 rings (SSSR count). The van der Waals surface area contributed by atoms with Crippen LogP contribution in [0.3, 0.4) is 0 Å². The SMILES string of the molecule is CCCCCCCCCCCCCCCCCC(=O)OP(=O)(O)O.[Ca+2].[Ca+2].[H-].[H-].[H-].[H-]. The van der Waals surface area contributed by atoms with Crippen molar-refractivity contribution in [2.24, 2.45) is 0 Å². The monoisotopic (exact) mass is 448 g/mol. The molecule has 0 heterocycles. The number of hydrogen-bond donors (Lipinski definition) is 2. The first-order valence-corrected chi connectivity index (χ1v) is 11.3. The minimum atomic E-state index is -4.66. The Morgan fingerprint density at radius 2 is 1.04 bits per heavy atom. The molecule has 0 bridgehead atoms. The molecule has 0 spiro atoms. The molecule has 26 heavy (non-hydrogen) atoms. The van der Waals surface area contributed by atoms with Crippen molar-refractivity contribution in [2.75, 3.05) is 0 Å². The molecule has 0 aromatic heterocycles. The Kier molecular flexibility index (Phi) is 29.5. The van der Waals surface area contributed by atoms with Crippen molar-refractivity contribution in [3.05, 3.63) is 0 Å². The average molecular weight is 449 g/mol. The van der Waals surface area contributed by atoms with Crippen LogP contribution in [0.4, 0.5) is 0 Å². The van der Waals surface area contributed by atoms with Crippen LogP contribution in [0.2, 0.25) is 0 Å². The van der Waals surface area contributed by atoms with Gasteiger partial charge in [-0.1, -0.05) is 96.8 Å². The second-order valence-electron chi connectivity index (χ2n) is 6.65. The summed E-state index contributed by atoms with van der Waals surface area (Å²) in [5.41, 5.74) is 0. The van der Waals surface area contributed by atoms with Gasteiger partial charge in [0, 0.05) is 6.42 Å². The zero-order valence-corrected chi connectivity index (χ0v) is 22.1. The Morgan fingerprint density at radius 3 is 1.35 bits per heavy atom. The first-order chi connectivity index (χ1) is 11.5. The number of phosphoric acid groups is 1. The molecule has 0 aliphatic carbocycles. The van der Waals surface area contributed by atoms with Crippen molar-refractivity contribution >= 4 is 89.3 Å². The van der Waals surface area contributed by atoms with Crippen LogP contribution in [0.5, 0.6) is 0 Å².